The lowest BCUT2D eigenvalue weighted by Crippen LogP contribution is -2.34. The highest BCUT2D eigenvalue weighted by atomic mass is 35.5. The summed E-state index contributed by atoms with van der Waals surface area (Å²) in [5, 5.41) is 6.20. The van der Waals surface area contributed by atoms with Crippen LogP contribution < -0.4 is 22.1 Å². The Labute approximate surface area is 243 Å². The molecule has 6 N–H and O–H groups in total. The number of anilines is 3. The van der Waals surface area contributed by atoms with Crippen molar-refractivity contribution in [3.63, 3.8) is 0 Å². The molecule has 0 saturated heterocycles. The van der Waals surface area contributed by atoms with Gasteiger partial charge in [0.1, 0.15) is 0 Å². The molecular weight excluding hydrogens is 564 g/mol. The van der Waals surface area contributed by atoms with Crippen molar-refractivity contribution < 1.29 is 18.0 Å². The summed E-state index contributed by atoms with van der Waals surface area (Å²) in [5.74, 6) is -1.16. The lowest BCUT2D eigenvalue weighted by Gasteiger charge is -2.19. The van der Waals surface area contributed by atoms with Crippen molar-refractivity contribution in [2.45, 2.75) is 47.7 Å². The molecule has 0 radical (unpaired) electrons. The number of alkyl halides is 3. The van der Waals surface area contributed by atoms with E-state index in [0.29, 0.717) is 26.8 Å². The van der Waals surface area contributed by atoms with Gasteiger partial charge in [-0.2, -0.15) is 13.2 Å². The third kappa shape index (κ3) is 14.3. The predicted molar refractivity (Wildman–Crippen MR) is 158 cm³/mol. The minimum absolute atomic E-state index is 0.214. The minimum atomic E-state index is -4.80. The van der Waals surface area contributed by atoms with Crippen molar-refractivity contribution in [2.75, 3.05) is 24.1 Å². The molecule has 0 spiro atoms. The van der Waals surface area contributed by atoms with Gasteiger partial charge in [-0.15, -0.1) is 0 Å². The number of benzene rings is 2. The van der Waals surface area contributed by atoms with E-state index >= 15 is 0 Å². The van der Waals surface area contributed by atoms with Crippen molar-refractivity contribution in [1.82, 2.24) is 15.3 Å². The number of amides is 1. The Bertz CT molecular complexity index is 1220. The zero-order valence-corrected chi connectivity index (χ0v) is 25.0. The molecule has 0 aliphatic carbocycles. The maximum absolute atomic E-state index is 13.3. The van der Waals surface area contributed by atoms with E-state index in [1.54, 1.807) is 36.4 Å². The highest BCUT2D eigenvalue weighted by Crippen LogP contribution is 2.31. The summed E-state index contributed by atoms with van der Waals surface area (Å²) in [5.41, 5.74) is 9.93. The lowest BCUT2D eigenvalue weighted by atomic mass is 9.97. The molecule has 0 unspecified atom stereocenters. The molecule has 12 heteroatoms. The second kappa shape index (κ2) is 15.1. The number of rotatable bonds is 4. The number of nitrogen functional groups attached to an aromatic ring is 1. The molecule has 0 aliphatic heterocycles. The van der Waals surface area contributed by atoms with Gasteiger partial charge in [0.2, 0.25) is 5.95 Å². The molecule has 0 atom stereocenters. The van der Waals surface area contributed by atoms with Gasteiger partial charge in [-0.25, -0.2) is 9.97 Å². The van der Waals surface area contributed by atoms with Crippen molar-refractivity contribution in [3.8, 4) is 0 Å². The highest BCUT2D eigenvalue weighted by molar-refractivity contribution is 6.31. The molecule has 0 bridgehead atoms. The highest BCUT2D eigenvalue weighted by Gasteiger charge is 2.38. The molecule has 1 amide bonds. The van der Waals surface area contributed by atoms with Gasteiger partial charge in [0, 0.05) is 34.2 Å². The maximum atomic E-state index is 13.3. The van der Waals surface area contributed by atoms with Crippen LogP contribution in [0.5, 0.6) is 0 Å². The van der Waals surface area contributed by atoms with E-state index in [4.69, 9.17) is 34.7 Å². The van der Waals surface area contributed by atoms with Gasteiger partial charge in [-0.1, -0.05) is 76.9 Å². The summed E-state index contributed by atoms with van der Waals surface area (Å²) in [6, 6.07) is 13.5. The minimum Gasteiger partial charge on any atom is -0.399 e. The van der Waals surface area contributed by atoms with Crippen LogP contribution in [0.4, 0.5) is 30.5 Å². The Morgan fingerprint density at radius 1 is 0.925 bits per heavy atom. The summed E-state index contributed by atoms with van der Waals surface area (Å²) >= 11 is 11.4. The van der Waals surface area contributed by atoms with E-state index in [9.17, 15) is 18.0 Å². The first-order valence-corrected chi connectivity index (χ1v) is 13.0. The monoisotopic (exact) mass is 600 g/mol. The number of hydrogen-bond acceptors (Lipinski definition) is 6. The summed E-state index contributed by atoms with van der Waals surface area (Å²) in [6.07, 6.45) is -3.94. The van der Waals surface area contributed by atoms with E-state index in [1.165, 1.54) is 6.07 Å². The van der Waals surface area contributed by atoms with E-state index in [-0.39, 0.29) is 17.9 Å². The van der Waals surface area contributed by atoms with Crippen molar-refractivity contribution in [1.29, 1.82) is 0 Å². The molecule has 7 nitrogen and oxygen atoms in total. The van der Waals surface area contributed by atoms with Crippen LogP contribution >= 0.6 is 23.2 Å². The first-order valence-electron chi connectivity index (χ1n) is 12.3. The van der Waals surface area contributed by atoms with Crippen LogP contribution in [-0.2, 0) is 6.18 Å². The Hall–Kier alpha value is -3.08. The summed E-state index contributed by atoms with van der Waals surface area (Å²) in [7, 11) is 0. The second-order valence-electron chi connectivity index (χ2n) is 11.2. The molecule has 40 heavy (non-hydrogen) atoms. The molecule has 220 valence electrons. The largest absolute Gasteiger partial charge is 0.434 e. The number of aromatic nitrogens is 2. The Morgan fingerprint density at radius 3 is 1.90 bits per heavy atom. The van der Waals surface area contributed by atoms with Gasteiger partial charge in [0.25, 0.3) is 5.91 Å². The molecule has 1 heterocycles. The number of nitrogens with one attached hydrogen (secondary N) is 2. The zero-order valence-electron chi connectivity index (χ0n) is 23.5. The molecule has 1 aromatic heterocycles. The van der Waals surface area contributed by atoms with Gasteiger partial charge < -0.3 is 22.1 Å². The lowest BCUT2D eigenvalue weighted by molar-refractivity contribution is -0.141. The molecule has 2 aromatic carbocycles. The molecule has 3 rings (SSSR count). The standard InChI is InChI=1S/C17H18ClF3N4O.C6H6ClN.C5H13N/c1-16(2,3)9-23-14(26)12-8-22-15(25-13(12)17(19,20)21)24-11-6-4-5-10(18)7-11;7-5-2-1-3-6(8)4-5;1-5(2,3)4-6/h4-8H,9H2,1-3H3,(H,23,26)(H,22,24,25);1-4H,8H2;4,6H2,1-3H3. The van der Waals surface area contributed by atoms with Crippen LogP contribution in [0, 0.1) is 10.8 Å². The van der Waals surface area contributed by atoms with E-state index < -0.39 is 23.3 Å². The number of hydrogen-bond donors (Lipinski definition) is 4. The van der Waals surface area contributed by atoms with Crippen LogP contribution in [0.25, 0.3) is 0 Å². The first kappa shape index (κ1) is 34.9. The fourth-order valence-corrected chi connectivity index (χ4v) is 2.86. The number of nitrogens with two attached hydrogens (primary N) is 2. The Morgan fingerprint density at radius 2 is 1.48 bits per heavy atom. The van der Waals surface area contributed by atoms with Crippen molar-refractivity contribution in [2.24, 2.45) is 16.6 Å². The average molecular weight is 602 g/mol. The van der Waals surface area contributed by atoms with Crippen LogP contribution in [-0.4, -0.2) is 29.0 Å². The Balaban J connectivity index is 0.000000465. The van der Waals surface area contributed by atoms with Gasteiger partial charge in [0.15, 0.2) is 5.69 Å². The van der Waals surface area contributed by atoms with Crippen molar-refractivity contribution >= 4 is 46.4 Å². The SMILES string of the molecule is CC(C)(C)CN.CC(C)(C)CNC(=O)c1cnc(Nc2cccc(Cl)c2)nc1C(F)(F)F.Nc1cccc(Cl)c1. The molecule has 0 saturated carbocycles. The third-order valence-corrected chi connectivity index (χ3v) is 5.09. The predicted octanol–water partition coefficient (Wildman–Crippen LogP) is 7.58. The van der Waals surface area contributed by atoms with Gasteiger partial charge in [-0.3, -0.25) is 4.79 Å². The molecular formula is C28H37Cl2F3N6O. The quantitative estimate of drug-likeness (QED) is 0.229. The third-order valence-electron chi connectivity index (χ3n) is 4.62. The van der Waals surface area contributed by atoms with E-state index in [2.05, 4.69) is 41.4 Å². The van der Waals surface area contributed by atoms with Crippen LogP contribution in [0.1, 0.15) is 57.6 Å². The first-order chi connectivity index (χ1) is 18.3. The fourth-order valence-electron chi connectivity index (χ4n) is 2.47. The molecule has 3 aromatic rings. The van der Waals surface area contributed by atoms with Gasteiger partial charge in [0.05, 0.1) is 5.56 Å². The number of nitrogens with zero attached hydrogens (tertiary/aromatic N) is 2. The smallest absolute Gasteiger partial charge is 0.399 e. The topological polar surface area (TPSA) is 119 Å². The van der Waals surface area contributed by atoms with Crippen LogP contribution in [0.15, 0.2) is 54.7 Å². The zero-order chi connectivity index (χ0) is 30.7. The summed E-state index contributed by atoms with van der Waals surface area (Å²) in [4.78, 5) is 19.4. The van der Waals surface area contributed by atoms with Crippen LogP contribution in [0.2, 0.25) is 10.0 Å². The number of carbonyl (C=O) groups is 1. The Kier molecular flexibility index (Phi) is 13.2. The van der Waals surface area contributed by atoms with E-state index in [0.717, 1.165) is 12.7 Å². The van der Waals surface area contributed by atoms with E-state index in [1.807, 2.05) is 26.8 Å². The fraction of sp³-hybridized carbons (Fsp3) is 0.393. The average Bonchev–Trinajstić information content (AvgIpc) is 2.82. The number of halogens is 5. The number of carbonyl (C=O) groups excluding carboxylic acids is 1. The normalized spacial score (nSPS) is 11.4. The second-order valence-corrected chi connectivity index (χ2v) is 12.0. The van der Waals surface area contributed by atoms with Crippen molar-refractivity contribution in [3.05, 3.63) is 76.0 Å². The molecule has 0 fully saturated rings. The van der Waals surface area contributed by atoms with Gasteiger partial charge in [-0.05, 0) is 53.8 Å². The maximum Gasteiger partial charge on any atom is 0.434 e. The van der Waals surface area contributed by atoms with Gasteiger partial charge >= 0.3 is 6.18 Å². The summed E-state index contributed by atoms with van der Waals surface area (Å²) in [6.45, 7) is 12.9. The molecule has 0 aliphatic rings. The van der Waals surface area contributed by atoms with Crippen LogP contribution in [0.3, 0.4) is 0 Å². The summed E-state index contributed by atoms with van der Waals surface area (Å²) < 4.78 is 40.0.